The largest absolute Gasteiger partial charge is 0.352 e. The average molecular weight is 353 g/mol. The van der Waals surface area contributed by atoms with Gasteiger partial charge in [0.2, 0.25) is 11.8 Å². The number of allylic oxidation sites excluding steroid dienone is 1. The first-order chi connectivity index (χ1) is 11.2. The standard InChI is InChI=1S/C18H28N2O3S/c1-12-5-7-13(8-6-12)19-15(22)10-20-16(23)11-24-17(20)9-14(21)18(2,3)4/h9,12-13H,5-8,10-11H2,1-4H3,(H,19,22)/b17-9-. The van der Waals surface area contributed by atoms with E-state index in [-0.39, 0.29) is 35.9 Å². The van der Waals surface area contributed by atoms with Crippen LogP contribution in [0.4, 0.5) is 0 Å². The number of amides is 2. The highest BCUT2D eigenvalue weighted by atomic mass is 32.2. The van der Waals surface area contributed by atoms with E-state index in [1.165, 1.54) is 22.7 Å². The van der Waals surface area contributed by atoms with E-state index in [2.05, 4.69) is 12.2 Å². The first kappa shape index (κ1) is 19.0. The molecule has 2 aliphatic rings. The molecule has 0 atom stereocenters. The molecule has 1 heterocycles. The molecule has 0 spiro atoms. The molecule has 0 radical (unpaired) electrons. The highest BCUT2D eigenvalue weighted by Crippen LogP contribution is 2.30. The van der Waals surface area contributed by atoms with E-state index in [0.717, 1.165) is 31.6 Å². The predicted molar refractivity (Wildman–Crippen MR) is 96.3 cm³/mol. The van der Waals surface area contributed by atoms with Crippen molar-refractivity contribution in [2.24, 2.45) is 11.3 Å². The van der Waals surface area contributed by atoms with Gasteiger partial charge in [0.05, 0.1) is 10.8 Å². The molecule has 0 aromatic carbocycles. The van der Waals surface area contributed by atoms with Crippen molar-refractivity contribution in [3.05, 3.63) is 11.1 Å². The summed E-state index contributed by atoms with van der Waals surface area (Å²) in [7, 11) is 0. The molecule has 2 amide bonds. The molecule has 0 aromatic heterocycles. The SMILES string of the molecule is CC1CCC(NC(=O)CN2C(=O)CS/C2=C\C(=O)C(C)(C)C)CC1. The minimum absolute atomic E-state index is 0.00113. The van der Waals surface area contributed by atoms with Gasteiger partial charge in [-0.25, -0.2) is 0 Å². The van der Waals surface area contributed by atoms with Crippen molar-refractivity contribution in [3.63, 3.8) is 0 Å². The summed E-state index contributed by atoms with van der Waals surface area (Å²) in [6.45, 7) is 7.77. The Bertz CT molecular complexity index is 543. The lowest BCUT2D eigenvalue weighted by Gasteiger charge is -2.27. The Morgan fingerprint density at radius 1 is 1.25 bits per heavy atom. The lowest BCUT2D eigenvalue weighted by atomic mass is 9.87. The summed E-state index contributed by atoms with van der Waals surface area (Å²) < 4.78 is 0. The predicted octanol–water partition coefficient (Wildman–Crippen LogP) is 2.71. The van der Waals surface area contributed by atoms with Crippen LogP contribution in [-0.4, -0.2) is 40.8 Å². The van der Waals surface area contributed by atoms with Gasteiger partial charge < -0.3 is 5.32 Å². The van der Waals surface area contributed by atoms with Gasteiger partial charge in [-0.15, -0.1) is 0 Å². The van der Waals surface area contributed by atoms with Crippen LogP contribution in [-0.2, 0) is 14.4 Å². The van der Waals surface area contributed by atoms with E-state index in [0.29, 0.717) is 5.03 Å². The van der Waals surface area contributed by atoms with Crippen LogP contribution in [0.2, 0.25) is 0 Å². The summed E-state index contributed by atoms with van der Waals surface area (Å²) in [4.78, 5) is 38.0. The van der Waals surface area contributed by atoms with Crippen molar-refractivity contribution < 1.29 is 14.4 Å². The maximum absolute atomic E-state index is 12.3. The van der Waals surface area contributed by atoms with Crippen LogP contribution < -0.4 is 5.32 Å². The number of thioether (sulfide) groups is 1. The van der Waals surface area contributed by atoms with Crippen LogP contribution in [0.15, 0.2) is 11.1 Å². The van der Waals surface area contributed by atoms with E-state index in [4.69, 9.17) is 0 Å². The number of rotatable bonds is 4. The second kappa shape index (κ2) is 7.72. The van der Waals surface area contributed by atoms with E-state index in [9.17, 15) is 14.4 Å². The number of hydrogen-bond acceptors (Lipinski definition) is 4. The van der Waals surface area contributed by atoms with Crippen LogP contribution in [0, 0.1) is 11.3 Å². The number of nitrogens with one attached hydrogen (secondary N) is 1. The lowest BCUT2D eigenvalue weighted by molar-refractivity contribution is -0.131. The van der Waals surface area contributed by atoms with Gasteiger partial charge >= 0.3 is 0 Å². The molecule has 5 nitrogen and oxygen atoms in total. The normalized spacial score (nSPS) is 26.8. The second-order valence-electron chi connectivity index (χ2n) is 7.89. The van der Waals surface area contributed by atoms with E-state index >= 15 is 0 Å². The summed E-state index contributed by atoms with van der Waals surface area (Å²) in [5.74, 6) is 0.733. The summed E-state index contributed by atoms with van der Waals surface area (Å²) in [6, 6.07) is 0.211. The summed E-state index contributed by atoms with van der Waals surface area (Å²) >= 11 is 1.33. The molecule has 24 heavy (non-hydrogen) atoms. The fourth-order valence-corrected chi connectivity index (χ4v) is 3.79. The molecule has 1 saturated heterocycles. The molecular formula is C18H28N2O3S. The zero-order valence-corrected chi connectivity index (χ0v) is 15.9. The lowest BCUT2D eigenvalue weighted by Crippen LogP contribution is -2.43. The van der Waals surface area contributed by atoms with Crippen LogP contribution in [0.3, 0.4) is 0 Å². The first-order valence-electron chi connectivity index (χ1n) is 8.65. The van der Waals surface area contributed by atoms with E-state index < -0.39 is 5.41 Å². The monoisotopic (exact) mass is 352 g/mol. The highest BCUT2D eigenvalue weighted by Gasteiger charge is 2.31. The minimum atomic E-state index is -0.494. The molecule has 1 aliphatic carbocycles. The number of hydrogen-bond donors (Lipinski definition) is 1. The van der Waals surface area contributed by atoms with Crippen molar-refractivity contribution in [1.82, 2.24) is 10.2 Å². The smallest absolute Gasteiger partial charge is 0.240 e. The maximum Gasteiger partial charge on any atom is 0.240 e. The van der Waals surface area contributed by atoms with Gasteiger partial charge in [-0.05, 0) is 31.6 Å². The van der Waals surface area contributed by atoms with E-state index in [1.54, 1.807) is 0 Å². The zero-order valence-electron chi connectivity index (χ0n) is 15.1. The Labute approximate surface area is 148 Å². The van der Waals surface area contributed by atoms with Crippen LogP contribution in [0.1, 0.15) is 53.4 Å². The summed E-state index contributed by atoms with van der Waals surface area (Å²) in [5.41, 5.74) is -0.494. The fraction of sp³-hybridized carbons (Fsp3) is 0.722. The van der Waals surface area contributed by atoms with Gasteiger partial charge in [-0.3, -0.25) is 19.3 Å². The average Bonchev–Trinajstić information content (AvgIpc) is 2.81. The molecule has 1 N–H and O–H groups in total. The summed E-state index contributed by atoms with van der Waals surface area (Å²) in [6.07, 6.45) is 5.77. The third-order valence-corrected chi connectivity index (χ3v) is 5.61. The third kappa shape index (κ3) is 5.10. The molecule has 2 fully saturated rings. The molecule has 0 aromatic rings. The Morgan fingerprint density at radius 2 is 1.88 bits per heavy atom. The van der Waals surface area contributed by atoms with Gasteiger partial charge in [0.15, 0.2) is 5.78 Å². The minimum Gasteiger partial charge on any atom is -0.352 e. The number of nitrogens with zero attached hydrogens (tertiary/aromatic N) is 1. The Hall–Kier alpha value is -1.30. The summed E-state index contributed by atoms with van der Waals surface area (Å²) in [5, 5.41) is 3.63. The molecule has 6 heteroatoms. The van der Waals surface area contributed by atoms with Crippen molar-refractivity contribution in [2.45, 2.75) is 59.4 Å². The highest BCUT2D eigenvalue weighted by molar-refractivity contribution is 8.04. The Kier molecular flexibility index (Phi) is 6.12. The molecule has 134 valence electrons. The molecular weight excluding hydrogens is 324 g/mol. The van der Waals surface area contributed by atoms with Crippen molar-refractivity contribution in [3.8, 4) is 0 Å². The van der Waals surface area contributed by atoms with Crippen LogP contribution in [0.5, 0.6) is 0 Å². The fourth-order valence-electron chi connectivity index (χ4n) is 2.85. The van der Waals surface area contributed by atoms with E-state index in [1.807, 2.05) is 20.8 Å². The number of carbonyl (C=O) groups excluding carboxylic acids is 3. The quantitative estimate of drug-likeness (QED) is 0.790. The molecule has 0 unspecified atom stereocenters. The maximum atomic E-state index is 12.3. The van der Waals surface area contributed by atoms with Gasteiger partial charge in [-0.1, -0.05) is 39.5 Å². The van der Waals surface area contributed by atoms with Gasteiger partial charge in [0.1, 0.15) is 6.54 Å². The topological polar surface area (TPSA) is 66.5 Å². The van der Waals surface area contributed by atoms with Crippen LogP contribution in [0.25, 0.3) is 0 Å². The van der Waals surface area contributed by atoms with Crippen molar-refractivity contribution in [2.75, 3.05) is 12.3 Å². The zero-order chi connectivity index (χ0) is 17.9. The van der Waals surface area contributed by atoms with Crippen molar-refractivity contribution >= 4 is 29.4 Å². The number of carbonyl (C=O) groups is 3. The Morgan fingerprint density at radius 3 is 2.46 bits per heavy atom. The van der Waals surface area contributed by atoms with Gasteiger partial charge in [0.25, 0.3) is 0 Å². The second-order valence-corrected chi connectivity index (χ2v) is 8.89. The van der Waals surface area contributed by atoms with Gasteiger partial charge in [-0.2, -0.15) is 0 Å². The molecule has 0 bridgehead atoms. The van der Waals surface area contributed by atoms with Crippen molar-refractivity contribution in [1.29, 1.82) is 0 Å². The third-order valence-electron chi connectivity index (χ3n) is 4.59. The molecule has 2 rings (SSSR count). The Balaban J connectivity index is 1.95. The number of ketones is 1. The molecule has 1 saturated carbocycles. The first-order valence-corrected chi connectivity index (χ1v) is 9.64. The molecule has 1 aliphatic heterocycles. The van der Waals surface area contributed by atoms with Crippen LogP contribution >= 0.6 is 11.8 Å². The van der Waals surface area contributed by atoms with Gasteiger partial charge in [0, 0.05) is 17.5 Å².